The van der Waals surface area contributed by atoms with Gasteiger partial charge in [0.25, 0.3) is 5.91 Å². The van der Waals surface area contributed by atoms with E-state index in [9.17, 15) is 4.79 Å². The third-order valence-electron chi connectivity index (χ3n) is 4.20. The van der Waals surface area contributed by atoms with E-state index in [2.05, 4.69) is 10.6 Å². The second kappa shape index (κ2) is 4.13. The summed E-state index contributed by atoms with van der Waals surface area (Å²) in [5, 5.41) is 6.43. The monoisotopic (exact) mass is 260 g/mol. The molecule has 1 amide bonds. The third-order valence-corrected chi connectivity index (χ3v) is 4.20. The fourth-order valence-corrected chi connectivity index (χ4v) is 3.11. The van der Waals surface area contributed by atoms with Crippen molar-refractivity contribution in [2.75, 3.05) is 26.3 Å². The Kier molecular flexibility index (Phi) is 2.41. The second-order valence-corrected chi connectivity index (χ2v) is 5.31. The number of piperidine rings is 1. The number of benzene rings is 1. The van der Waals surface area contributed by atoms with Gasteiger partial charge in [-0.05, 0) is 24.0 Å². The lowest BCUT2D eigenvalue weighted by atomic mass is 10.1. The van der Waals surface area contributed by atoms with Crippen molar-refractivity contribution in [3.63, 3.8) is 0 Å². The Bertz CT molecular complexity index is 521. The van der Waals surface area contributed by atoms with Crippen LogP contribution in [-0.4, -0.2) is 38.3 Å². The first kappa shape index (κ1) is 11.1. The molecule has 5 nitrogen and oxygen atoms in total. The number of hydrogen-bond donors (Lipinski definition) is 2. The van der Waals surface area contributed by atoms with Crippen LogP contribution in [0.3, 0.4) is 0 Å². The molecule has 2 atom stereocenters. The minimum absolute atomic E-state index is 0.0539. The number of nitrogens with one attached hydrogen (secondary N) is 2. The predicted molar refractivity (Wildman–Crippen MR) is 68.5 cm³/mol. The fourth-order valence-electron chi connectivity index (χ4n) is 3.11. The molecule has 0 radical (unpaired) electrons. The minimum atomic E-state index is -0.0539. The van der Waals surface area contributed by atoms with Crippen LogP contribution in [0.5, 0.6) is 11.5 Å². The highest BCUT2D eigenvalue weighted by molar-refractivity contribution is 5.98. The van der Waals surface area contributed by atoms with E-state index in [1.807, 2.05) is 12.1 Å². The fraction of sp³-hybridized carbons (Fsp3) is 0.500. The lowest BCUT2D eigenvalue weighted by Crippen LogP contribution is -2.33. The van der Waals surface area contributed by atoms with Crippen LogP contribution < -0.4 is 20.1 Å². The molecule has 2 aliphatic heterocycles. The SMILES string of the molecule is O=C(NC1[C@H]2CNC[C@H]12)c1cccc2c1OCCO2. The van der Waals surface area contributed by atoms with Crippen molar-refractivity contribution in [1.29, 1.82) is 0 Å². The molecule has 5 heteroatoms. The van der Waals surface area contributed by atoms with Gasteiger partial charge in [0.15, 0.2) is 11.5 Å². The summed E-state index contributed by atoms with van der Waals surface area (Å²) in [5.74, 6) is 2.41. The first-order valence-corrected chi connectivity index (χ1v) is 6.75. The first-order chi connectivity index (χ1) is 9.34. The molecule has 2 fully saturated rings. The van der Waals surface area contributed by atoms with E-state index < -0.39 is 0 Å². The number of rotatable bonds is 2. The van der Waals surface area contributed by atoms with Gasteiger partial charge in [0.2, 0.25) is 0 Å². The summed E-state index contributed by atoms with van der Waals surface area (Å²) in [6, 6.07) is 5.78. The van der Waals surface area contributed by atoms with Gasteiger partial charge < -0.3 is 20.1 Å². The molecule has 2 N–H and O–H groups in total. The highest BCUT2D eigenvalue weighted by Crippen LogP contribution is 2.42. The maximum Gasteiger partial charge on any atom is 0.255 e. The normalized spacial score (nSPS) is 30.6. The second-order valence-electron chi connectivity index (χ2n) is 5.31. The van der Waals surface area contributed by atoms with Gasteiger partial charge in [-0.3, -0.25) is 4.79 Å². The Morgan fingerprint density at radius 3 is 2.84 bits per heavy atom. The van der Waals surface area contributed by atoms with Gasteiger partial charge in [-0.25, -0.2) is 0 Å². The van der Waals surface area contributed by atoms with Crippen LogP contribution >= 0.6 is 0 Å². The number of hydrogen-bond acceptors (Lipinski definition) is 4. The Morgan fingerprint density at radius 2 is 2.00 bits per heavy atom. The molecule has 1 aromatic rings. The van der Waals surface area contributed by atoms with Crippen molar-refractivity contribution in [2.24, 2.45) is 11.8 Å². The molecule has 1 saturated carbocycles. The molecule has 3 aliphatic rings. The van der Waals surface area contributed by atoms with Crippen LogP contribution in [-0.2, 0) is 0 Å². The predicted octanol–water partition coefficient (Wildman–Crippen LogP) is 0.405. The quantitative estimate of drug-likeness (QED) is 0.808. The zero-order valence-corrected chi connectivity index (χ0v) is 10.5. The lowest BCUT2D eigenvalue weighted by molar-refractivity contribution is 0.0935. The number of carbonyl (C=O) groups is 1. The summed E-state index contributed by atoms with van der Waals surface area (Å²) < 4.78 is 11.1. The van der Waals surface area contributed by atoms with Crippen molar-refractivity contribution < 1.29 is 14.3 Å². The van der Waals surface area contributed by atoms with Crippen LogP contribution in [0.1, 0.15) is 10.4 Å². The maximum absolute atomic E-state index is 12.3. The summed E-state index contributed by atoms with van der Waals surface area (Å²) in [6.45, 7) is 3.07. The zero-order valence-electron chi connectivity index (χ0n) is 10.5. The van der Waals surface area contributed by atoms with Gasteiger partial charge in [-0.1, -0.05) is 6.07 Å². The van der Waals surface area contributed by atoms with E-state index >= 15 is 0 Å². The standard InChI is InChI=1S/C14H16N2O3/c17-14(16-12-9-6-15-7-10(9)12)8-2-1-3-11-13(8)19-5-4-18-11/h1-3,9-10,12,15H,4-7H2,(H,16,17)/t9-,10-/m0/s1. The molecule has 0 aromatic heterocycles. The first-order valence-electron chi connectivity index (χ1n) is 6.75. The Morgan fingerprint density at radius 1 is 1.21 bits per heavy atom. The largest absolute Gasteiger partial charge is 0.486 e. The number of amides is 1. The molecule has 2 heterocycles. The topological polar surface area (TPSA) is 59.6 Å². The minimum Gasteiger partial charge on any atom is -0.486 e. The van der Waals surface area contributed by atoms with E-state index in [-0.39, 0.29) is 5.91 Å². The van der Waals surface area contributed by atoms with Gasteiger partial charge >= 0.3 is 0 Å². The molecule has 100 valence electrons. The number of para-hydroxylation sites is 1. The summed E-state index contributed by atoms with van der Waals surface area (Å²) in [7, 11) is 0. The van der Waals surface area contributed by atoms with Gasteiger partial charge in [0, 0.05) is 19.1 Å². The smallest absolute Gasteiger partial charge is 0.255 e. The Labute approximate surface area is 111 Å². The van der Waals surface area contributed by atoms with Crippen LogP contribution in [0.15, 0.2) is 18.2 Å². The Hall–Kier alpha value is -1.75. The van der Waals surface area contributed by atoms with Gasteiger partial charge in [0.1, 0.15) is 13.2 Å². The lowest BCUT2D eigenvalue weighted by Gasteiger charge is -2.20. The zero-order chi connectivity index (χ0) is 12.8. The highest BCUT2D eigenvalue weighted by Gasteiger charge is 2.53. The molecular formula is C14H16N2O3. The van der Waals surface area contributed by atoms with Crippen LogP contribution in [0.25, 0.3) is 0 Å². The average molecular weight is 260 g/mol. The maximum atomic E-state index is 12.3. The average Bonchev–Trinajstić information content (AvgIpc) is 2.88. The molecule has 4 rings (SSSR count). The van der Waals surface area contributed by atoms with Crippen molar-refractivity contribution in [3.8, 4) is 11.5 Å². The van der Waals surface area contributed by atoms with Crippen LogP contribution in [0, 0.1) is 11.8 Å². The molecule has 1 aliphatic carbocycles. The van der Waals surface area contributed by atoms with Crippen LogP contribution in [0.4, 0.5) is 0 Å². The van der Waals surface area contributed by atoms with Crippen molar-refractivity contribution in [3.05, 3.63) is 23.8 Å². The molecule has 0 bridgehead atoms. The van der Waals surface area contributed by atoms with E-state index in [0.717, 1.165) is 13.1 Å². The van der Waals surface area contributed by atoms with Gasteiger partial charge in [0.05, 0.1) is 5.56 Å². The van der Waals surface area contributed by atoms with Crippen molar-refractivity contribution in [1.82, 2.24) is 10.6 Å². The van der Waals surface area contributed by atoms with Crippen LogP contribution in [0.2, 0.25) is 0 Å². The summed E-state index contributed by atoms with van der Waals surface area (Å²) >= 11 is 0. The number of fused-ring (bicyclic) bond motifs is 2. The third kappa shape index (κ3) is 1.76. The van der Waals surface area contributed by atoms with E-state index in [0.29, 0.717) is 48.2 Å². The molecular weight excluding hydrogens is 244 g/mol. The summed E-state index contributed by atoms with van der Waals surface area (Å²) in [4.78, 5) is 12.3. The molecule has 0 unspecified atom stereocenters. The van der Waals surface area contributed by atoms with E-state index in [1.54, 1.807) is 6.07 Å². The molecule has 19 heavy (non-hydrogen) atoms. The summed E-state index contributed by atoms with van der Waals surface area (Å²) in [5.41, 5.74) is 0.579. The van der Waals surface area contributed by atoms with Crippen molar-refractivity contribution >= 4 is 5.91 Å². The summed E-state index contributed by atoms with van der Waals surface area (Å²) in [6.07, 6.45) is 0. The van der Waals surface area contributed by atoms with Gasteiger partial charge in [-0.2, -0.15) is 0 Å². The van der Waals surface area contributed by atoms with E-state index in [4.69, 9.17) is 9.47 Å². The van der Waals surface area contributed by atoms with E-state index in [1.165, 1.54) is 0 Å². The van der Waals surface area contributed by atoms with Gasteiger partial charge in [-0.15, -0.1) is 0 Å². The number of ether oxygens (including phenoxy) is 2. The number of carbonyl (C=O) groups excluding carboxylic acids is 1. The highest BCUT2D eigenvalue weighted by atomic mass is 16.6. The Balaban J connectivity index is 1.54. The molecule has 1 saturated heterocycles. The van der Waals surface area contributed by atoms with Crippen molar-refractivity contribution in [2.45, 2.75) is 6.04 Å². The molecule has 0 spiro atoms. The molecule has 1 aromatic carbocycles.